The van der Waals surface area contributed by atoms with Gasteiger partial charge in [0.1, 0.15) is 11.4 Å². The van der Waals surface area contributed by atoms with E-state index in [0.29, 0.717) is 30.4 Å². The van der Waals surface area contributed by atoms with Crippen molar-refractivity contribution in [2.75, 3.05) is 56.0 Å². The van der Waals surface area contributed by atoms with Gasteiger partial charge in [0.15, 0.2) is 0 Å². The first-order valence-electron chi connectivity index (χ1n) is 8.07. The minimum atomic E-state index is -0.0205. The number of amides is 1. The highest BCUT2D eigenvalue weighted by atomic mass is 16.2. The molecule has 0 radical (unpaired) electrons. The molecule has 1 aromatic rings. The summed E-state index contributed by atoms with van der Waals surface area (Å²) in [6, 6.07) is 0. The average Bonchev–Trinajstić information content (AvgIpc) is 2.57. The van der Waals surface area contributed by atoms with Crippen molar-refractivity contribution in [2.45, 2.75) is 20.8 Å². The molecule has 0 aromatic carbocycles. The minimum absolute atomic E-state index is 0.0205. The van der Waals surface area contributed by atoms with Gasteiger partial charge in [0.05, 0.1) is 0 Å². The molecule has 0 atom stereocenters. The Morgan fingerprint density at radius 1 is 1.32 bits per heavy atom. The fourth-order valence-electron chi connectivity index (χ4n) is 2.53. The van der Waals surface area contributed by atoms with Crippen LogP contribution in [0.1, 0.15) is 31.1 Å². The third-order valence-electron chi connectivity index (χ3n) is 3.80. The van der Waals surface area contributed by atoms with E-state index in [2.05, 4.69) is 25.5 Å². The summed E-state index contributed by atoms with van der Waals surface area (Å²) in [7, 11) is 0. The van der Waals surface area contributed by atoms with Gasteiger partial charge in [0.2, 0.25) is 5.95 Å². The summed E-state index contributed by atoms with van der Waals surface area (Å²) in [6.45, 7) is 11.7. The smallest absolute Gasteiger partial charge is 0.259 e. The fourth-order valence-corrected chi connectivity index (χ4v) is 2.53. The molecule has 122 valence electrons. The van der Waals surface area contributed by atoms with Gasteiger partial charge >= 0.3 is 0 Å². The molecular weight excluding hydrogens is 280 g/mol. The highest BCUT2D eigenvalue weighted by Gasteiger charge is 2.21. The van der Waals surface area contributed by atoms with Crippen LogP contribution < -0.4 is 15.5 Å². The van der Waals surface area contributed by atoms with Gasteiger partial charge in [-0.2, -0.15) is 4.98 Å². The first-order chi connectivity index (χ1) is 10.7. The Morgan fingerprint density at radius 3 is 2.59 bits per heavy atom. The molecule has 0 aliphatic carbocycles. The molecule has 1 aliphatic rings. The Morgan fingerprint density at radius 2 is 2.00 bits per heavy atom. The molecule has 1 aliphatic heterocycles. The van der Waals surface area contributed by atoms with Crippen molar-refractivity contribution in [3.05, 3.63) is 11.8 Å². The fraction of sp³-hybridized carbons (Fsp3) is 0.667. The Labute approximate surface area is 132 Å². The Kier molecular flexibility index (Phi) is 5.94. The summed E-state index contributed by atoms with van der Waals surface area (Å²) in [5, 5.41) is 6.51. The SMILES string of the molecule is CCNc1nc(N2CCNCC2)ncc1C(=O)N(CC)CC. The molecule has 2 N–H and O–H groups in total. The van der Waals surface area contributed by atoms with E-state index in [1.165, 1.54) is 0 Å². The van der Waals surface area contributed by atoms with Gasteiger partial charge in [-0.05, 0) is 20.8 Å². The maximum Gasteiger partial charge on any atom is 0.259 e. The highest BCUT2D eigenvalue weighted by molar-refractivity contribution is 5.98. The van der Waals surface area contributed by atoms with Crippen LogP contribution in [0.3, 0.4) is 0 Å². The van der Waals surface area contributed by atoms with Gasteiger partial charge in [-0.3, -0.25) is 4.79 Å². The first kappa shape index (κ1) is 16.5. The largest absolute Gasteiger partial charge is 0.370 e. The van der Waals surface area contributed by atoms with Crippen molar-refractivity contribution in [1.82, 2.24) is 20.2 Å². The topological polar surface area (TPSA) is 73.4 Å². The lowest BCUT2D eigenvalue weighted by Gasteiger charge is -2.28. The van der Waals surface area contributed by atoms with Crippen LogP contribution in [-0.2, 0) is 0 Å². The van der Waals surface area contributed by atoms with Crippen LogP contribution in [0, 0.1) is 0 Å². The number of hydrogen-bond acceptors (Lipinski definition) is 6. The molecular formula is C15H26N6O. The van der Waals surface area contributed by atoms with Gasteiger partial charge in [0, 0.05) is 52.0 Å². The summed E-state index contributed by atoms with van der Waals surface area (Å²) in [4.78, 5) is 25.5. The molecule has 0 unspecified atom stereocenters. The van der Waals surface area contributed by atoms with E-state index in [0.717, 1.165) is 32.7 Å². The molecule has 1 amide bonds. The van der Waals surface area contributed by atoms with Crippen LogP contribution in [-0.4, -0.2) is 66.6 Å². The molecule has 0 saturated carbocycles. The van der Waals surface area contributed by atoms with Crippen LogP contribution in [0.15, 0.2) is 6.20 Å². The van der Waals surface area contributed by atoms with Crippen molar-refractivity contribution >= 4 is 17.7 Å². The third-order valence-corrected chi connectivity index (χ3v) is 3.80. The third kappa shape index (κ3) is 3.65. The molecule has 2 heterocycles. The zero-order valence-electron chi connectivity index (χ0n) is 13.7. The number of anilines is 2. The zero-order valence-corrected chi connectivity index (χ0v) is 13.7. The average molecular weight is 306 g/mol. The van der Waals surface area contributed by atoms with Crippen molar-refractivity contribution in [3.8, 4) is 0 Å². The Balaban J connectivity index is 2.28. The van der Waals surface area contributed by atoms with Crippen molar-refractivity contribution in [3.63, 3.8) is 0 Å². The zero-order chi connectivity index (χ0) is 15.9. The lowest BCUT2D eigenvalue weighted by molar-refractivity contribution is 0.0773. The second kappa shape index (κ2) is 7.93. The van der Waals surface area contributed by atoms with Crippen LogP contribution in [0.5, 0.6) is 0 Å². The van der Waals surface area contributed by atoms with Gasteiger partial charge in [-0.15, -0.1) is 0 Å². The minimum Gasteiger partial charge on any atom is -0.370 e. The molecule has 0 bridgehead atoms. The van der Waals surface area contributed by atoms with Gasteiger partial charge in [0.25, 0.3) is 5.91 Å². The molecule has 1 fully saturated rings. The predicted molar refractivity (Wildman–Crippen MR) is 88.5 cm³/mol. The number of piperazine rings is 1. The molecule has 7 heteroatoms. The predicted octanol–water partition coefficient (Wildman–Crippen LogP) is 0.800. The summed E-state index contributed by atoms with van der Waals surface area (Å²) in [5.41, 5.74) is 0.546. The number of hydrogen-bond donors (Lipinski definition) is 2. The summed E-state index contributed by atoms with van der Waals surface area (Å²) >= 11 is 0. The van der Waals surface area contributed by atoms with E-state index >= 15 is 0 Å². The van der Waals surface area contributed by atoms with Crippen molar-refractivity contribution in [1.29, 1.82) is 0 Å². The molecule has 7 nitrogen and oxygen atoms in total. The van der Waals surface area contributed by atoms with E-state index in [4.69, 9.17) is 0 Å². The number of nitrogens with zero attached hydrogens (tertiary/aromatic N) is 4. The summed E-state index contributed by atoms with van der Waals surface area (Å²) in [5.74, 6) is 1.30. The van der Waals surface area contributed by atoms with Crippen LogP contribution in [0.25, 0.3) is 0 Å². The normalized spacial score (nSPS) is 14.8. The Bertz CT molecular complexity index is 497. The lowest BCUT2D eigenvalue weighted by Crippen LogP contribution is -2.44. The van der Waals surface area contributed by atoms with Gasteiger partial charge in [-0.1, -0.05) is 0 Å². The number of nitrogens with one attached hydrogen (secondary N) is 2. The van der Waals surface area contributed by atoms with E-state index in [-0.39, 0.29) is 5.91 Å². The monoisotopic (exact) mass is 306 g/mol. The van der Waals surface area contributed by atoms with Crippen molar-refractivity contribution in [2.24, 2.45) is 0 Å². The number of carbonyl (C=O) groups is 1. The molecule has 22 heavy (non-hydrogen) atoms. The van der Waals surface area contributed by atoms with Crippen molar-refractivity contribution < 1.29 is 4.79 Å². The lowest BCUT2D eigenvalue weighted by atomic mass is 10.2. The maximum atomic E-state index is 12.6. The van der Waals surface area contributed by atoms with Crippen LogP contribution in [0.4, 0.5) is 11.8 Å². The molecule has 0 spiro atoms. The molecule has 2 rings (SSSR count). The second-order valence-corrected chi connectivity index (χ2v) is 5.18. The summed E-state index contributed by atoms with van der Waals surface area (Å²) < 4.78 is 0. The number of aromatic nitrogens is 2. The van der Waals surface area contributed by atoms with Gasteiger partial charge < -0.3 is 20.4 Å². The van der Waals surface area contributed by atoms with Gasteiger partial charge in [-0.25, -0.2) is 4.98 Å². The molecule has 1 aromatic heterocycles. The number of carbonyl (C=O) groups excluding carboxylic acids is 1. The Hall–Kier alpha value is -1.89. The van der Waals surface area contributed by atoms with Crippen LogP contribution >= 0.6 is 0 Å². The van der Waals surface area contributed by atoms with E-state index in [1.54, 1.807) is 11.1 Å². The standard InChI is InChI=1S/C15H26N6O/c1-4-17-13-12(14(22)20(5-2)6-3)11-18-15(19-13)21-9-7-16-8-10-21/h11,16H,4-10H2,1-3H3,(H,17,18,19). The van der Waals surface area contributed by atoms with E-state index < -0.39 is 0 Å². The quantitative estimate of drug-likeness (QED) is 0.810. The second-order valence-electron chi connectivity index (χ2n) is 5.18. The summed E-state index contributed by atoms with van der Waals surface area (Å²) in [6.07, 6.45) is 1.66. The first-order valence-corrected chi connectivity index (χ1v) is 8.07. The van der Waals surface area contributed by atoms with Crippen LogP contribution in [0.2, 0.25) is 0 Å². The number of rotatable bonds is 6. The highest BCUT2D eigenvalue weighted by Crippen LogP contribution is 2.18. The maximum absolute atomic E-state index is 12.6. The molecule has 1 saturated heterocycles. The van der Waals surface area contributed by atoms with E-state index in [9.17, 15) is 4.79 Å². The van der Waals surface area contributed by atoms with E-state index in [1.807, 2.05) is 20.8 Å².